The number of aryl methyl sites for hydroxylation is 1. The Balaban J connectivity index is 2.79. The summed E-state index contributed by atoms with van der Waals surface area (Å²) in [5, 5.41) is 11.5. The number of aliphatic hydroxyl groups is 1. The third-order valence-corrected chi connectivity index (χ3v) is 2.54. The molecule has 0 aliphatic heterocycles. The van der Waals surface area contributed by atoms with Gasteiger partial charge in [0.1, 0.15) is 0 Å². The fourth-order valence-electron chi connectivity index (χ4n) is 1.53. The van der Waals surface area contributed by atoms with E-state index in [1.807, 2.05) is 19.1 Å². The summed E-state index contributed by atoms with van der Waals surface area (Å²) in [5.41, 5.74) is 2.30. The molecule has 4 nitrogen and oxygen atoms in total. The largest absolute Gasteiger partial charge is 0.395 e. The summed E-state index contributed by atoms with van der Waals surface area (Å²) in [6.45, 7) is 2.90. The van der Waals surface area contributed by atoms with Gasteiger partial charge in [-0.25, -0.2) is 0 Å². The van der Waals surface area contributed by atoms with Crippen LogP contribution >= 0.6 is 0 Å². The summed E-state index contributed by atoms with van der Waals surface area (Å²) in [4.78, 5) is 12.0. The van der Waals surface area contributed by atoms with E-state index >= 15 is 0 Å². The molecule has 0 aromatic heterocycles. The number of rotatable bonds is 5. The zero-order valence-electron chi connectivity index (χ0n) is 11.3. The second-order valence-electron chi connectivity index (χ2n) is 4.05. The summed E-state index contributed by atoms with van der Waals surface area (Å²) < 4.78 is 4.89. The Morgan fingerprint density at radius 3 is 2.95 bits per heavy atom. The van der Waals surface area contributed by atoms with Crippen LogP contribution in [0.5, 0.6) is 0 Å². The van der Waals surface area contributed by atoms with Crippen molar-refractivity contribution in [1.29, 1.82) is 0 Å². The number of carbonyl (C=O) groups excluding carboxylic acids is 1. The van der Waals surface area contributed by atoms with Gasteiger partial charge >= 0.3 is 0 Å². The standard InChI is InChI=1S/C15H19NO3/c1-12-6-7-13(5-3-4-9-17)11-14(12)15(18)16-8-10-19-2/h6-7,11,17H,4,8-10H2,1-2H3,(H,16,18). The SMILES string of the molecule is COCCNC(=O)c1cc(C#CCCO)ccc1C. The van der Waals surface area contributed by atoms with E-state index in [9.17, 15) is 4.79 Å². The van der Waals surface area contributed by atoms with Crippen LogP contribution in [0, 0.1) is 18.8 Å². The van der Waals surface area contributed by atoms with Crippen molar-refractivity contribution < 1.29 is 14.6 Å². The Labute approximate surface area is 113 Å². The van der Waals surface area contributed by atoms with Crippen molar-refractivity contribution in [3.05, 3.63) is 34.9 Å². The molecule has 0 atom stereocenters. The Morgan fingerprint density at radius 1 is 1.47 bits per heavy atom. The monoisotopic (exact) mass is 261 g/mol. The van der Waals surface area contributed by atoms with Gasteiger partial charge in [-0.2, -0.15) is 0 Å². The highest BCUT2D eigenvalue weighted by atomic mass is 16.5. The van der Waals surface area contributed by atoms with E-state index in [1.54, 1.807) is 13.2 Å². The molecule has 19 heavy (non-hydrogen) atoms. The molecule has 0 spiro atoms. The van der Waals surface area contributed by atoms with Crippen molar-refractivity contribution in [1.82, 2.24) is 5.32 Å². The van der Waals surface area contributed by atoms with Crippen LogP contribution in [0.1, 0.15) is 27.9 Å². The molecule has 0 radical (unpaired) electrons. The van der Waals surface area contributed by atoms with E-state index in [0.29, 0.717) is 25.1 Å². The average molecular weight is 261 g/mol. The van der Waals surface area contributed by atoms with Crippen LogP contribution in [-0.4, -0.2) is 37.9 Å². The molecule has 1 aromatic rings. The number of methoxy groups -OCH3 is 1. The number of ether oxygens (including phenoxy) is 1. The molecule has 4 heteroatoms. The maximum atomic E-state index is 12.0. The van der Waals surface area contributed by atoms with Crippen molar-refractivity contribution in [3.63, 3.8) is 0 Å². The third-order valence-electron chi connectivity index (χ3n) is 2.54. The highest BCUT2D eigenvalue weighted by Crippen LogP contribution is 2.10. The first-order valence-electron chi connectivity index (χ1n) is 6.16. The molecular formula is C15H19NO3. The minimum Gasteiger partial charge on any atom is -0.395 e. The molecule has 1 amide bonds. The molecule has 0 aliphatic rings. The van der Waals surface area contributed by atoms with Gasteiger partial charge in [-0.15, -0.1) is 0 Å². The molecular weight excluding hydrogens is 242 g/mol. The van der Waals surface area contributed by atoms with E-state index in [1.165, 1.54) is 0 Å². The fourth-order valence-corrected chi connectivity index (χ4v) is 1.53. The number of hydrogen-bond donors (Lipinski definition) is 2. The van der Waals surface area contributed by atoms with Crippen molar-refractivity contribution in [3.8, 4) is 11.8 Å². The lowest BCUT2D eigenvalue weighted by atomic mass is 10.0. The molecule has 0 saturated heterocycles. The van der Waals surface area contributed by atoms with Crippen molar-refractivity contribution in [2.45, 2.75) is 13.3 Å². The molecule has 0 unspecified atom stereocenters. The highest BCUT2D eigenvalue weighted by molar-refractivity contribution is 5.96. The molecule has 0 saturated carbocycles. The number of benzene rings is 1. The van der Waals surface area contributed by atoms with Gasteiger partial charge < -0.3 is 15.2 Å². The quantitative estimate of drug-likeness (QED) is 0.616. The van der Waals surface area contributed by atoms with E-state index in [4.69, 9.17) is 9.84 Å². The minimum atomic E-state index is -0.125. The van der Waals surface area contributed by atoms with Gasteiger partial charge in [0.05, 0.1) is 13.2 Å². The van der Waals surface area contributed by atoms with E-state index in [0.717, 1.165) is 11.1 Å². The zero-order valence-corrected chi connectivity index (χ0v) is 11.3. The Bertz CT molecular complexity index is 486. The van der Waals surface area contributed by atoms with Crippen LogP contribution in [0.3, 0.4) is 0 Å². The maximum absolute atomic E-state index is 12.0. The summed E-state index contributed by atoms with van der Waals surface area (Å²) in [5.74, 6) is 5.63. The summed E-state index contributed by atoms with van der Waals surface area (Å²) in [7, 11) is 1.59. The van der Waals surface area contributed by atoms with Gasteiger partial charge in [0.2, 0.25) is 0 Å². The molecule has 1 aromatic carbocycles. The number of aliphatic hydroxyl groups excluding tert-OH is 1. The van der Waals surface area contributed by atoms with Crippen LogP contribution in [0.15, 0.2) is 18.2 Å². The van der Waals surface area contributed by atoms with Gasteiger partial charge in [-0.05, 0) is 24.6 Å². The average Bonchev–Trinajstić information content (AvgIpc) is 2.41. The molecule has 0 fully saturated rings. The third kappa shape index (κ3) is 5.12. The van der Waals surface area contributed by atoms with Crippen LogP contribution in [0.25, 0.3) is 0 Å². The van der Waals surface area contributed by atoms with Crippen molar-refractivity contribution >= 4 is 5.91 Å². The van der Waals surface area contributed by atoms with Gasteiger partial charge in [-0.3, -0.25) is 4.79 Å². The predicted molar refractivity (Wildman–Crippen MR) is 74.0 cm³/mol. The first-order chi connectivity index (χ1) is 9.19. The van der Waals surface area contributed by atoms with Gasteiger partial charge in [0.15, 0.2) is 0 Å². The van der Waals surface area contributed by atoms with E-state index in [-0.39, 0.29) is 12.5 Å². The van der Waals surface area contributed by atoms with E-state index in [2.05, 4.69) is 17.2 Å². The van der Waals surface area contributed by atoms with E-state index < -0.39 is 0 Å². The predicted octanol–water partition coefficient (Wildman–Crippen LogP) is 1.11. The Hall–Kier alpha value is -1.83. The number of nitrogens with one attached hydrogen (secondary N) is 1. The fraction of sp³-hybridized carbons (Fsp3) is 0.400. The smallest absolute Gasteiger partial charge is 0.251 e. The topological polar surface area (TPSA) is 58.6 Å². The molecule has 0 heterocycles. The number of carbonyl (C=O) groups is 1. The molecule has 102 valence electrons. The second kappa shape index (κ2) is 8.30. The minimum absolute atomic E-state index is 0.0449. The van der Waals surface area contributed by atoms with Crippen molar-refractivity contribution in [2.75, 3.05) is 26.9 Å². The number of amides is 1. The van der Waals surface area contributed by atoms with Gasteiger partial charge in [0, 0.05) is 31.2 Å². The lowest BCUT2D eigenvalue weighted by Crippen LogP contribution is -2.27. The van der Waals surface area contributed by atoms with Crippen LogP contribution in [0.4, 0.5) is 0 Å². The lowest BCUT2D eigenvalue weighted by molar-refractivity contribution is 0.0936. The van der Waals surface area contributed by atoms with Crippen LogP contribution in [0.2, 0.25) is 0 Å². The Kier molecular flexibility index (Phi) is 6.65. The molecule has 0 aliphatic carbocycles. The molecule has 2 N–H and O–H groups in total. The second-order valence-corrected chi connectivity index (χ2v) is 4.05. The first kappa shape index (κ1) is 15.2. The van der Waals surface area contributed by atoms with Crippen LogP contribution in [-0.2, 0) is 4.74 Å². The summed E-state index contributed by atoms with van der Waals surface area (Å²) in [6.07, 6.45) is 0.434. The van der Waals surface area contributed by atoms with Crippen molar-refractivity contribution in [2.24, 2.45) is 0 Å². The normalized spacial score (nSPS) is 9.63. The van der Waals surface area contributed by atoms with Gasteiger partial charge in [0.25, 0.3) is 5.91 Å². The zero-order chi connectivity index (χ0) is 14.1. The maximum Gasteiger partial charge on any atom is 0.251 e. The lowest BCUT2D eigenvalue weighted by Gasteiger charge is -2.07. The number of hydrogen-bond acceptors (Lipinski definition) is 3. The summed E-state index contributed by atoms with van der Waals surface area (Å²) in [6, 6.07) is 5.50. The van der Waals surface area contributed by atoms with Crippen LogP contribution < -0.4 is 5.32 Å². The van der Waals surface area contributed by atoms with Gasteiger partial charge in [-0.1, -0.05) is 17.9 Å². The first-order valence-corrected chi connectivity index (χ1v) is 6.16. The summed E-state index contributed by atoms with van der Waals surface area (Å²) >= 11 is 0. The Morgan fingerprint density at radius 2 is 2.26 bits per heavy atom. The molecule has 0 bridgehead atoms. The highest BCUT2D eigenvalue weighted by Gasteiger charge is 2.08. The molecule has 1 rings (SSSR count).